The molecule has 0 bridgehead atoms. The molecule has 3 heterocycles. The Morgan fingerprint density at radius 1 is 1.05 bits per heavy atom. The average Bonchev–Trinajstić information content (AvgIpc) is 3.80. The predicted molar refractivity (Wildman–Crippen MR) is 128 cm³/mol. The van der Waals surface area contributed by atoms with Crippen molar-refractivity contribution in [1.82, 2.24) is 19.8 Å². The van der Waals surface area contributed by atoms with Crippen LogP contribution in [0, 0.1) is 5.82 Å². The van der Waals surface area contributed by atoms with E-state index in [1.54, 1.807) is 41.1 Å². The Morgan fingerprint density at radius 2 is 1.84 bits per heavy atom. The third-order valence-corrected chi connectivity index (χ3v) is 6.58. The molecule has 6 rings (SSSR count). The molecule has 0 radical (unpaired) electrons. The summed E-state index contributed by atoms with van der Waals surface area (Å²) in [5, 5.41) is 14.2. The molecule has 2 amide bonds. The first-order chi connectivity index (χ1) is 17.4. The van der Waals surface area contributed by atoms with E-state index in [9.17, 15) is 23.9 Å². The number of benzene rings is 2. The van der Waals surface area contributed by atoms with Crippen molar-refractivity contribution in [1.29, 1.82) is 0 Å². The van der Waals surface area contributed by atoms with Crippen molar-refractivity contribution in [3.63, 3.8) is 0 Å². The van der Waals surface area contributed by atoms with Crippen LogP contribution in [0.1, 0.15) is 34.8 Å². The summed E-state index contributed by atoms with van der Waals surface area (Å²) in [5.41, 5.74) is 2.31. The fourth-order valence-corrected chi connectivity index (χ4v) is 4.43. The second kappa shape index (κ2) is 9.74. The van der Waals surface area contributed by atoms with Gasteiger partial charge in [0.15, 0.2) is 0 Å². The van der Waals surface area contributed by atoms with Gasteiger partial charge in [-0.2, -0.15) is 0 Å². The van der Waals surface area contributed by atoms with Crippen LogP contribution in [0.2, 0.25) is 0 Å². The van der Waals surface area contributed by atoms with E-state index in [4.69, 9.17) is 0 Å². The number of nitrogens with one attached hydrogen (secondary N) is 1. The molecule has 37 heavy (non-hydrogen) atoms. The number of carbonyl (C=O) groups is 2. The van der Waals surface area contributed by atoms with E-state index >= 15 is 0 Å². The Bertz CT molecular complexity index is 1620. The molecule has 1 N–H and O–H groups in total. The number of carbonyl (C=O) groups excluding carboxylic acids is 2. The minimum absolute atomic E-state index is 0. The molecule has 2 fully saturated rings. The van der Waals surface area contributed by atoms with Gasteiger partial charge in [0, 0.05) is 36.2 Å². The minimum Gasteiger partial charge on any atom is -0.530 e. The number of nitrogens with zero attached hydrogens (tertiary/aromatic N) is 3. The van der Waals surface area contributed by atoms with Gasteiger partial charge in [0.1, 0.15) is 23.1 Å². The monoisotopic (exact) mass is 506 g/mol. The zero-order chi connectivity index (χ0) is 25.0. The average molecular weight is 506 g/mol. The molecule has 180 valence electrons. The van der Waals surface area contributed by atoms with Crippen molar-refractivity contribution >= 4 is 23.0 Å². The number of amides is 2. The first-order valence-electron chi connectivity index (χ1n) is 11.6. The fourth-order valence-electron chi connectivity index (χ4n) is 4.43. The molecule has 1 atom stereocenters. The Balaban J connectivity index is 0.00000280. The summed E-state index contributed by atoms with van der Waals surface area (Å²) in [5.74, 6) is -0.914. The summed E-state index contributed by atoms with van der Waals surface area (Å²) in [7, 11) is 0. The van der Waals surface area contributed by atoms with Crippen LogP contribution in [-0.2, 0) is 0 Å². The van der Waals surface area contributed by atoms with Crippen LogP contribution in [0.15, 0.2) is 71.8 Å². The van der Waals surface area contributed by atoms with Gasteiger partial charge >= 0.3 is 29.6 Å². The van der Waals surface area contributed by atoms with Crippen LogP contribution >= 0.6 is 0 Å². The Kier molecular flexibility index (Phi) is 6.61. The third-order valence-electron chi connectivity index (χ3n) is 6.58. The van der Waals surface area contributed by atoms with Gasteiger partial charge in [-0.3, -0.25) is 9.59 Å². The maximum atomic E-state index is 14.9. The van der Waals surface area contributed by atoms with Crippen molar-refractivity contribution in [2.75, 3.05) is 6.54 Å². The number of pyridine rings is 2. The molecule has 4 aromatic rings. The standard InChI is InChI=1S/C27H21FN4O4.Na/c28-22-12-16(6-9-19(22)23-14-32(23)27(35)36)15-3-1-4-18(11-15)31-13-21(26(34)30-17-7-8-17)24(33)20-5-2-10-29-25(20)31;/h1-6,9-13,17,23H,7-8,14H2,(H,30,34)(H,35,36);/q;+1/p-1/t23-,32?;/m0./s1. The van der Waals surface area contributed by atoms with Crippen molar-refractivity contribution in [2.45, 2.75) is 24.9 Å². The van der Waals surface area contributed by atoms with Gasteiger partial charge in [0.25, 0.3) is 5.91 Å². The zero-order valence-corrected chi connectivity index (χ0v) is 22.0. The number of aromatic nitrogens is 2. The molecular formula is C27H20FN4NaO4. The molecule has 2 aliphatic rings. The SMILES string of the molecule is O=C(NC1CC1)c1cn(-c2cccc(-c3ccc([C@@H]4CN4C(=O)[O-])c(F)c3)c2)c2ncccc2c1=O.[Na+]. The van der Waals surface area contributed by atoms with Gasteiger partial charge in [-0.25, -0.2) is 9.37 Å². The summed E-state index contributed by atoms with van der Waals surface area (Å²) >= 11 is 0. The van der Waals surface area contributed by atoms with E-state index in [0.717, 1.165) is 17.7 Å². The molecule has 8 nitrogen and oxygen atoms in total. The van der Waals surface area contributed by atoms with E-state index < -0.39 is 23.9 Å². The van der Waals surface area contributed by atoms with Crippen LogP contribution in [-0.4, -0.2) is 39.0 Å². The molecule has 1 saturated carbocycles. The van der Waals surface area contributed by atoms with Crippen LogP contribution in [0.3, 0.4) is 0 Å². The van der Waals surface area contributed by atoms with Crippen molar-refractivity contribution in [2.24, 2.45) is 0 Å². The molecule has 0 unspecified atom stereocenters. The quantitative estimate of drug-likeness (QED) is 0.298. The number of fused-ring (bicyclic) bond motifs is 1. The number of carboxylic acid groups (broad SMARTS) is 1. The van der Waals surface area contributed by atoms with Crippen molar-refractivity contribution < 1.29 is 48.6 Å². The molecule has 0 spiro atoms. The second-order valence-electron chi connectivity index (χ2n) is 9.08. The van der Waals surface area contributed by atoms with Gasteiger partial charge in [-0.1, -0.05) is 24.3 Å². The van der Waals surface area contributed by atoms with Crippen molar-refractivity contribution in [3.8, 4) is 16.8 Å². The summed E-state index contributed by atoms with van der Waals surface area (Å²) in [4.78, 5) is 42.3. The summed E-state index contributed by atoms with van der Waals surface area (Å²) < 4.78 is 16.5. The molecule has 2 aromatic heterocycles. The van der Waals surface area contributed by atoms with Crippen molar-refractivity contribution in [3.05, 3.63) is 94.2 Å². The third kappa shape index (κ3) is 4.77. The van der Waals surface area contributed by atoms with Gasteiger partial charge < -0.3 is 24.7 Å². The number of hydrogen-bond acceptors (Lipinski definition) is 5. The Morgan fingerprint density at radius 3 is 2.54 bits per heavy atom. The maximum Gasteiger partial charge on any atom is 1.00 e. The zero-order valence-electron chi connectivity index (χ0n) is 20.0. The molecular weight excluding hydrogens is 486 g/mol. The topological polar surface area (TPSA) is 107 Å². The van der Waals surface area contributed by atoms with Crippen LogP contribution in [0.4, 0.5) is 9.18 Å². The van der Waals surface area contributed by atoms with Gasteiger partial charge in [-0.15, -0.1) is 0 Å². The van der Waals surface area contributed by atoms with Crippen LogP contribution < -0.4 is 45.4 Å². The van der Waals surface area contributed by atoms with E-state index in [2.05, 4.69) is 10.3 Å². The smallest absolute Gasteiger partial charge is 0.530 e. The maximum absolute atomic E-state index is 14.9. The minimum atomic E-state index is -1.32. The first-order valence-corrected chi connectivity index (χ1v) is 11.6. The molecule has 10 heteroatoms. The Labute approximate surface area is 233 Å². The number of hydrogen-bond donors (Lipinski definition) is 1. The van der Waals surface area contributed by atoms with E-state index in [1.807, 2.05) is 18.2 Å². The molecule has 2 aromatic carbocycles. The normalized spacial score (nSPS) is 16.2. The summed E-state index contributed by atoms with van der Waals surface area (Å²) in [6, 6.07) is 14.8. The molecule has 1 aliphatic carbocycles. The van der Waals surface area contributed by atoms with Gasteiger partial charge in [0.05, 0.1) is 11.4 Å². The fraction of sp³-hybridized carbons (Fsp3) is 0.185. The van der Waals surface area contributed by atoms with Crippen LogP contribution in [0.25, 0.3) is 27.8 Å². The second-order valence-corrected chi connectivity index (χ2v) is 9.08. The van der Waals surface area contributed by atoms with Gasteiger partial charge in [0.2, 0.25) is 5.43 Å². The predicted octanol–water partition coefficient (Wildman–Crippen LogP) is -0.212. The summed E-state index contributed by atoms with van der Waals surface area (Å²) in [6.07, 6.45) is 3.56. The van der Waals surface area contributed by atoms with Crippen LogP contribution in [0.5, 0.6) is 0 Å². The molecule has 1 aliphatic heterocycles. The van der Waals surface area contributed by atoms with E-state index in [1.165, 1.54) is 12.3 Å². The summed E-state index contributed by atoms with van der Waals surface area (Å²) in [6.45, 7) is 0.219. The molecule has 1 saturated heterocycles. The largest absolute Gasteiger partial charge is 1.00 e. The Hall–Kier alpha value is -3.53. The first kappa shape index (κ1) is 25.1. The van der Waals surface area contributed by atoms with E-state index in [0.29, 0.717) is 33.4 Å². The van der Waals surface area contributed by atoms with Gasteiger partial charge in [-0.05, 0) is 54.3 Å². The van der Waals surface area contributed by atoms with E-state index in [-0.39, 0.29) is 53.1 Å². The number of rotatable bonds is 5. The number of halogens is 1.